The third-order valence-corrected chi connectivity index (χ3v) is 4.63. The standard InChI is InChI=1S/C13H17F3N2OS/c14-13(15,16)9-1-3-10(4-2-9)18-6-11-5-8(7-20-11)12(17)19/h5,7,9-10,18H,1-4,6H2,(H2,17,19). The van der Waals surface area contributed by atoms with Gasteiger partial charge >= 0.3 is 6.18 Å². The van der Waals surface area contributed by atoms with Crippen LogP contribution in [0.3, 0.4) is 0 Å². The number of amides is 1. The van der Waals surface area contributed by atoms with E-state index in [1.165, 1.54) is 11.3 Å². The van der Waals surface area contributed by atoms with Crippen molar-refractivity contribution in [3.8, 4) is 0 Å². The van der Waals surface area contributed by atoms with Crippen molar-refractivity contribution in [1.29, 1.82) is 0 Å². The minimum Gasteiger partial charge on any atom is -0.366 e. The van der Waals surface area contributed by atoms with Crippen molar-refractivity contribution in [3.05, 3.63) is 21.9 Å². The van der Waals surface area contributed by atoms with E-state index in [4.69, 9.17) is 5.73 Å². The Hall–Kier alpha value is -1.08. The van der Waals surface area contributed by atoms with Crippen LogP contribution in [-0.4, -0.2) is 18.1 Å². The van der Waals surface area contributed by atoms with E-state index in [0.29, 0.717) is 24.9 Å². The average molecular weight is 306 g/mol. The van der Waals surface area contributed by atoms with Crippen LogP contribution in [0.1, 0.15) is 40.9 Å². The quantitative estimate of drug-likeness (QED) is 0.898. The summed E-state index contributed by atoms with van der Waals surface area (Å²) in [4.78, 5) is 11.9. The average Bonchev–Trinajstić information content (AvgIpc) is 2.85. The minimum absolute atomic E-state index is 0.118. The number of rotatable bonds is 4. The summed E-state index contributed by atoms with van der Waals surface area (Å²) in [5.41, 5.74) is 5.64. The lowest BCUT2D eigenvalue weighted by atomic mass is 9.85. The summed E-state index contributed by atoms with van der Waals surface area (Å²) in [5, 5.41) is 4.95. The molecule has 1 aliphatic rings. The Morgan fingerprint density at radius 3 is 2.50 bits per heavy atom. The number of hydrogen-bond donors (Lipinski definition) is 2. The first kappa shape index (κ1) is 15.3. The summed E-state index contributed by atoms with van der Waals surface area (Å²) >= 11 is 1.43. The predicted octanol–water partition coefficient (Wildman–Crippen LogP) is 3.06. The molecule has 1 saturated carbocycles. The fourth-order valence-corrected chi connectivity index (χ4v) is 3.30. The lowest BCUT2D eigenvalue weighted by molar-refractivity contribution is -0.182. The fraction of sp³-hybridized carbons (Fsp3) is 0.615. The maximum atomic E-state index is 12.5. The van der Waals surface area contributed by atoms with Crippen LogP contribution in [0.4, 0.5) is 13.2 Å². The molecular formula is C13H17F3N2OS. The van der Waals surface area contributed by atoms with Crippen molar-refractivity contribution in [2.75, 3.05) is 0 Å². The molecule has 1 aromatic rings. The van der Waals surface area contributed by atoms with Gasteiger partial charge in [0.15, 0.2) is 0 Å². The SMILES string of the molecule is NC(=O)c1csc(CNC2CCC(C(F)(F)F)CC2)c1. The molecule has 0 aliphatic heterocycles. The Bertz CT molecular complexity index is 464. The molecule has 112 valence electrons. The smallest absolute Gasteiger partial charge is 0.366 e. The predicted molar refractivity (Wildman–Crippen MR) is 71.5 cm³/mol. The van der Waals surface area contributed by atoms with E-state index in [2.05, 4.69) is 5.32 Å². The topological polar surface area (TPSA) is 55.1 Å². The molecule has 1 fully saturated rings. The molecular weight excluding hydrogens is 289 g/mol. The summed E-state index contributed by atoms with van der Waals surface area (Å²) < 4.78 is 37.6. The highest BCUT2D eigenvalue weighted by molar-refractivity contribution is 7.10. The molecule has 0 saturated heterocycles. The van der Waals surface area contributed by atoms with Gasteiger partial charge in [0.25, 0.3) is 0 Å². The van der Waals surface area contributed by atoms with Gasteiger partial charge in [-0.3, -0.25) is 4.79 Å². The number of thiophene rings is 1. The monoisotopic (exact) mass is 306 g/mol. The van der Waals surface area contributed by atoms with Crippen LogP contribution >= 0.6 is 11.3 Å². The van der Waals surface area contributed by atoms with Crippen LogP contribution in [0.5, 0.6) is 0 Å². The Balaban J connectivity index is 1.77. The molecule has 0 radical (unpaired) electrons. The van der Waals surface area contributed by atoms with Crippen LogP contribution < -0.4 is 11.1 Å². The molecule has 0 atom stereocenters. The number of carbonyl (C=O) groups excluding carboxylic acids is 1. The Kier molecular flexibility index (Phi) is 4.70. The number of nitrogens with one attached hydrogen (secondary N) is 1. The van der Waals surface area contributed by atoms with E-state index in [0.717, 1.165) is 4.88 Å². The number of halogens is 3. The Morgan fingerprint density at radius 1 is 1.35 bits per heavy atom. The van der Waals surface area contributed by atoms with Gasteiger partial charge in [0.05, 0.1) is 11.5 Å². The van der Waals surface area contributed by atoms with Gasteiger partial charge in [-0.25, -0.2) is 0 Å². The van der Waals surface area contributed by atoms with Crippen molar-refractivity contribution < 1.29 is 18.0 Å². The third-order valence-electron chi connectivity index (χ3n) is 3.69. The maximum absolute atomic E-state index is 12.5. The highest BCUT2D eigenvalue weighted by Crippen LogP contribution is 2.37. The molecule has 3 N–H and O–H groups in total. The maximum Gasteiger partial charge on any atom is 0.391 e. The van der Waals surface area contributed by atoms with Crippen LogP contribution in [0.15, 0.2) is 11.4 Å². The van der Waals surface area contributed by atoms with Crippen molar-refractivity contribution in [3.63, 3.8) is 0 Å². The minimum atomic E-state index is -4.06. The second kappa shape index (κ2) is 6.13. The van der Waals surface area contributed by atoms with E-state index < -0.39 is 18.0 Å². The first-order valence-electron chi connectivity index (χ1n) is 6.53. The van der Waals surface area contributed by atoms with Crippen LogP contribution in [0, 0.1) is 5.92 Å². The van der Waals surface area contributed by atoms with Crippen LogP contribution in [-0.2, 0) is 6.54 Å². The second-order valence-electron chi connectivity index (χ2n) is 5.14. The van der Waals surface area contributed by atoms with Crippen molar-refractivity contribution >= 4 is 17.2 Å². The second-order valence-corrected chi connectivity index (χ2v) is 6.13. The van der Waals surface area contributed by atoms with Crippen LogP contribution in [0.25, 0.3) is 0 Å². The fourth-order valence-electron chi connectivity index (χ4n) is 2.47. The molecule has 1 heterocycles. The van der Waals surface area contributed by atoms with Gasteiger partial charge in [-0.05, 0) is 31.7 Å². The zero-order valence-electron chi connectivity index (χ0n) is 10.9. The Labute approximate surface area is 119 Å². The zero-order chi connectivity index (χ0) is 14.8. The molecule has 0 unspecified atom stereocenters. The molecule has 1 aromatic heterocycles. The highest BCUT2D eigenvalue weighted by Gasteiger charge is 2.41. The normalized spacial score (nSPS) is 23.8. The van der Waals surface area contributed by atoms with Gasteiger partial charge in [-0.15, -0.1) is 11.3 Å². The number of carbonyl (C=O) groups is 1. The molecule has 2 rings (SSSR count). The highest BCUT2D eigenvalue weighted by atomic mass is 32.1. The van der Waals surface area contributed by atoms with E-state index >= 15 is 0 Å². The summed E-state index contributed by atoms with van der Waals surface area (Å²) in [7, 11) is 0. The zero-order valence-corrected chi connectivity index (χ0v) is 11.7. The molecule has 1 aliphatic carbocycles. The molecule has 0 spiro atoms. The number of nitrogens with two attached hydrogens (primary N) is 1. The van der Waals surface area contributed by atoms with E-state index in [9.17, 15) is 18.0 Å². The lowest BCUT2D eigenvalue weighted by Gasteiger charge is -2.30. The molecule has 0 aromatic carbocycles. The molecule has 20 heavy (non-hydrogen) atoms. The Morgan fingerprint density at radius 2 is 2.00 bits per heavy atom. The van der Waals surface area contributed by atoms with Crippen LogP contribution in [0.2, 0.25) is 0 Å². The van der Waals surface area contributed by atoms with Gasteiger partial charge in [0.2, 0.25) is 5.91 Å². The number of hydrogen-bond acceptors (Lipinski definition) is 3. The van der Waals surface area contributed by atoms with Gasteiger partial charge in [0.1, 0.15) is 0 Å². The first-order chi connectivity index (χ1) is 9.36. The van der Waals surface area contributed by atoms with Gasteiger partial charge < -0.3 is 11.1 Å². The van der Waals surface area contributed by atoms with Crippen molar-refractivity contribution in [2.24, 2.45) is 11.7 Å². The summed E-state index contributed by atoms with van der Waals surface area (Å²) in [6, 6.07) is 1.84. The summed E-state index contributed by atoms with van der Waals surface area (Å²) in [6.07, 6.45) is -2.60. The third kappa shape index (κ3) is 3.96. The van der Waals surface area contributed by atoms with E-state index in [1.54, 1.807) is 11.4 Å². The summed E-state index contributed by atoms with van der Waals surface area (Å²) in [5.74, 6) is -1.61. The van der Waals surface area contributed by atoms with Crippen molar-refractivity contribution in [2.45, 2.75) is 44.4 Å². The number of alkyl halides is 3. The van der Waals surface area contributed by atoms with Crippen molar-refractivity contribution in [1.82, 2.24) is 5.32 Å². The molecule has 7 heteroatoms. The molecule has 3 nitrogen and oxygen atoms in total. The van der Waals surface area contributed by atoms with E-state index in [-0.39, 0.29) is 18.9 Å². The number of primary amides is 1. The molecule has 0 bridgehead atoms. The first-order valence-corrected chi connectivity index (χ1v) is 7.41. The lowest BCUT2D eigenvalue weighted by Crippen LogP contribution is -2.36. The molecule has 1 amide bonds. The summed E-state index contributed by atoms with van der Waals surface area (Å²) in [6.45, 7) is 0.569. The van der Waals surface area contributed by atoms with Gasteiger partial charge in [-0.2, -0.15) is 13.2 Å². The van der Waals surface area contributed by atoms with E-state index in [1.807, 2.05) is 0 Å². The largest absolute Gasteiger partial charge is 0.391 e. The van der Waals surface area contributed by atoms with Gasteiger partial charge in [-0.1, -0.05) is 0 Å². The van der Waals surface area contributed by atoms with Gasteiger partial charge in [0, 0.05) is 22.8 Å².